The Morgan fingerprint density at radius 1 is 1.12 bits per heavy atom. The van der Waals surface area contributed by atoms with E-state index in [1.165, 1.54) is 6.07 Å². The molecule has 0 aliphatic carbocycles. The number of aliphatic hydroxyl groups is 1. The third kappa shape index (κ3) is 4.22. The number of aromatic amines is 2. The topological polar surface area (TPSA) is 262 Å². The van der Waals surface area contributed by atoms with Crippen molar-refractivity contribution in [3.05, 3.63) is 30.3 Å². The largest absolute Gasteiger partial charge is 0.395 e. The van der Waals surface area contributed by atoms with E-state index in [9.17, 15) is 21.9 Å². The summed E-state index contributed by atoms with van der Waals surface area (Å²) in [6, 6.07) is 6.39. The van der Waals surface area contributed by atoms with Gasteiger partial charge in [-0.15, -0.1) is 10.2 Å². The number of fused-ring (bicyclic) bond motifs is 1. The number of hydrogen-bond donors (Lipinski definition) is 7. The molecule has 0 amide bonds. The van der Waals surface area contributed by atoms with Gasteiger partial charge in [0.1, 0.15) is 9.79 Å². The SMILES string of the molecule is NC[C@@H](CO)NS(=O)(=O)c1ccc(-c2cccc3[nH]c(N)nc23)c(-c2nn[nH]n2)c1S(N)(=O)=O. The number of hydrogen-bond acceptors (Lipinski definition) is 11. The van der Waals surface area contributed by atoms with Crippen LogP contribution < -0.4 is 21.3 Å². The highest BCUT2D eigenvalue weighted by Gasteiger charge is 2.33. The van der Waals surface area contributed by atoms with E-state index in [-0.39, 0.29) is 29.4 Å². The summed E-state index contributed by atoms with van der Waals surface area (Å²) in [7, 11) is -9.21. The molecule has 2 heterocycles. The van der Waals surface area contributed by atoms with Crippen LogP contribution in [0, 0.1) is 0 Å². The molecule has 0 saturated heterocycles. The van der Waals surface area contributed by atoms with Crippen LogP contribution in [0.4, 0.5) is 5.95 Å². The maximum Gasteiger partial charge on any atom is 0.242 e. The second-order valence-corrected chi connectivity index (χ2v) is 10.3. The van der Waals surface area contributed by atoms with Crippen molar-refractivity contribution in [3.63, 3.8) is 0 Å². The van der Waals surface area contributed by atoms with Gasteiger partial charge in [-0.25, -0.2) is 31.7 Å². The number of aliphatic hydroxyl groups excluding tert-OH is 1. The molecule has 17 heteroatoms. The van der Waals surface area contributed by atoms with Crippen molar-refractivity contribution >= 4 is 37.0 Å². The van der Waals surface area contributed by atoms with E-state index in [4.69, 9.17) is 16.6 Å². The molecule has 10 N–H and O–H groups in total. The number of anilines is 1. The summed E-state index contributed by atoms with van der Waals surface area (Å²) in [6.07, 6.45) is 0. The van der Waals surface area contributed by atoms with Gasteiger partial charge in [0.05, 0.1) is 29.2 Å². The van der Waals surface area contributed by atoms with Gasteiger partial charge in [0.15, 0.2) is 5.95 Å². The highest BCUT2D eigenvalue weighted by Crippen LogP contribution is 2.40. The van der Waals surface area contributed by atoms with Gasteiger partial charge in [-0.2, -0.15) is 5.21 Å². The first-order chi connectivity index (χ1) is 16.1. The highest BCUT2D eigenvalue weighted by molar-refractivity contribution is 7.92. The van der Waals surface area contributed by atoms with Gasteiger partial charge in [-0.1, -0.05) is 18.2 Å². The molecular formula is C17H20N10O5S2. The van der Waals surface area contributed by atoms with Crippen LogP contribution in [0.3, 0.4) is 0 Å². The fraction of sp³-hybridized carbons (Fsp3) is 0.176. The van der Waals surface area contributed by atoms with Crippen LogP contribution in [0.5, 0.6) is 0 Å². The molecule has 180 valence electrons. The third-order valence-corrected chi connectivity index (χ3v) is 7.60. The zero-order valence-corrected chi connectivity index (χ0v) is 18.9. The molecule has 0 fully saturated rings. The average Bonchev–Trinajstić information content (AvgIpc) is 3.44. The number of nitrogens with two attached hydrogens (primary N) is 3. The van der Waals surface area contributed by atoms with E-state index in [2.05, 4.69) is 35.3 Å². The number of aromatic nitrogens is 6. The number of tetrazole rings is 1. The lowest BCUT2D eigenvalue weighted by atomic mass is 9.98. The Balaban J connectivity index is 2.10. The normalized spacial score (nSPS) is 13.4. The first-order valence-corrected chi connectivity index (χ1v) is 12.6. The molecule has 0 radical (unpaired) electrons. The zero-order chi connectivity index (χ0) is 24.7. The molecule has 2 aromatic carbocycles. The van der Waals surface area contributed by atoms with Gasteiger partial charge in [0.25, 0.3) is 0 Å². The third-order valence-electron chi connectivity index (χ3n) is 4.91. The van der Waals surface area contributed by atoms with Gasteiger partial charge >= 0.3 is 0 Å². The van der Waals surface area contributed by atoms with Crippen molar-refractivity contribution in [2.24, 2.45) is 10.9 Å². The van der Waals surface area contributed by atoms with Crippen molar-refractivity contribution in [3.8, 4) is 22.5 Å². The lowest BCUT2D eigenvalue weighted by Crippen LogP contribution is -2.43. The molecule has 0 aliphatic rings. The first kappa shape index (κ1) is 23.7. The molecule has 15 nitrogen and oxygen atoms in total. The summed E-state index contributed by atoms with van der Waals surface area (Å²) >= 11 is 0. The number of primary sulfonamides is 1. The van der Waals surface area contributed by atoms with E-state index in [1.807, 2.05) is 0 Å². The Kier molecular flexibility index (Phi) is 6.06. The van der Waals surface area contributed by atoms with Gasteiger partial charge in [0.2, 0.25) is 25.9 Å². The molecule has 0 aliphatic heterocycles. The maximum atomic E-state index is 13.1. The van der Waals surface area contributed by atoms with Crippen LogP contribution in [-0.2, 0) is 20.0 Å². The van der Waals surface area contributed by atoms with E-state index >= 15 is 0 Å². The number of nitrogen functional groups attached to an aromatic ring is 1. The number of benzene rings is 2. The monoisotopic (exact) mass is 508 g/mol. The molecule has 0 unspecified atom stereocenters. The van der Waals surface area contributed by atoms with Crippen LogP contribution in [0.25, 0.3) is 33.5 Å². The minimum Gasteiger partial charge on any atom is -0.395 e. The molecule has 0 bridgehead atoms. The van der Waals surface area contributed by atoms with Crippen LogP contribution >= 0.6 is 0 Å². The first-order valence-electron chi connectivity index (χ1n) is 9.58. The molecule has 0 spiro atoms. The lowest BCUT2D eigenvalue weighted by molar-refractivity contribution is 0.259. The van der Waals surface area contributed by atoms with Crippen LogP contribution in [0.15, 0.2) is 40.1 Å². The minimum atomic E-state index is -4.69. The van der Waals surface area contributed by atoms with Crippen molar-refractivity contribution < 1.29 is 21.9 Å². The van der Waals surface area contributed by atoms with Gasteiger partial charge in [0, 0.05) is 12.1 Å². The number of H-pyrrole nitrogens is 2. The molecule has 4 rings (SSSR count). The Labute approximate surface area is 192 Å². The smallest absolute Gasteiger partial charge is 0.242 e. The standard InChI is InChI=1S/C17H20N10O5S2/c18-6-8(7-28)25-34(31,32)12-5-4-9(10-2-1-3-11-14(10)22-17(19)21-11)13(15(12)33(20,29)30)16-23-26-27-24-16/h1-5,8,25,28H,6-7,18H2,(H3,19,21,22)(H2,20,29,30)(H,23,24,26,27)/t8-/m0/s1. The molecule has 2 aromatic heterocycles. The van der Waals surface area contributed by atoms with E-state index < -0.39 is 42.5 Å². The van der Waals surface area contributed by atoms with Gasteiger partial charge in [-0.3, -0.25) is 0 Å². The van der Waals surface area contributed by atoms with Crippen molar-refractivity contribution in [1.29, 1.82) is 0 Å². The van der Waals surface area contributed by atoms with Crippen LogP contribution in [0.1, 0.15) is 0 Å². The van der Waals surface area contributed by atoms with E-state index in [0.29, 0.717) is 16.6 Å². The number of para-hydroxylation sites is 1. The van der Waals surface area contributed by atoms with Gasteiger partial charge < -0.3 is 21.6 Å². The molecule has 0 saturated carbocycles. The predicted molar refractivity (Wildman–Crippen MR) is 121 cm³/mol. The number of imidazole rings is 1. The average molecular weight is 509 g/mol. The minimum absolute atomic E-state index is 0.121. The van der Waals surface area contributed by atoms with E-state index in [1.54, 1.807) is 18.2 Å². The molecule has 4 aromatic rings. The fourth-order valence-electron chi connectivity index (χ4n) is 3.48. The summed E-state index contributed by atoms with van der Waals surface area (Å²) in [4.78, 5) is 5.66. The Morgan fingerprint density at radius 3 is 2.50 bits per heavy atom. The summed E-state index contributed by atoms with van der Waals surface area (Å²) in [5.41, 5.74) is 12.6. The second kappa shape index (κ2) is 8.70. The highest BCUT2D eigenvalue weighted by atomic mass is 32.2. The summed E-state index contributed by atoms with van der Waals surface area (Å²) < 4.78 is 54.0. The van der Waals surface area contributed by atoms with Crippen LogP contribution in [0.2, 0.25) is 0 Å². The Hall–Kier alpha value is -3.48. The second-order valence-electron chi connectivity index (χ2n) is 7.16. The quantitative estimate of drug-likeness (QED) is 0.140. The molecule has 34 heavy (non-hydrogen) atoms. The number of sulfonamides is 2. The van der Waals surface area contributed by atoms with Crippen LogP contribution in [-0.4, -0.2) is 71.7 Å². The Bertz CT molecular complexity index is 1560. The number of nitrogens with zero attached hydrogens (tertiary/aromatic N) is 4. The Morgan fingerprint density at radius 2 is 1.88 bits per heavy atom. The fourth-order valence-corrected chi connectivity index (χ4v) is 6.32. The lowest BCUT2D eigenvalue weighted by Gasteiger charge is -2.19. The van der Waals surface area contributed by atoms with Gasteiger partial charge in [-0.05, 0) is 22.9 Å². The summed E-state index contributed by atoms with van der Waals surface area (Å²) in [6.45, 7) is -0.850. The van der Waals surface area contributed by atoms with E-state index in [0.717, 1.165) is 6.07 Å². The molecule has 1 atom stereocenters. The predicted octanol–water partition coefficient (Wildman–Crippen LogP) is -1.76. The number of rotatable bonds is 8. The van der Waals surface area contributed by atoms with Crippen molar-refractivity contribution in [1.82, 2.24) is 35.3 Å². The summed E-state index contributed by atoms with van der Waals surface area (Å²) in [5.74, 6) is -0.107. The summed E-state index contributed by atoms with van der Waals surface area (Å²) in [5, 5.41) is 28.2. The van der Waals surface area contributed by atoms with Crippen molar-refractivity contribution in [2.45, 2.75) is 15.8 Å². The number of nitrogens with one attached hydrogen (secondary N) is 3. The molecular weight excluding hydrogens is 488 g/mol. The van der Waals surface area contributed by atoms with Crippen molar-refractivity contribution in [2.75, 3.05) is 18.9 Å². The maximum absolute atomic E-state index is 13.1. The zero-order valence-electron chi connectivity index (χ0n) is 17.3.